The predicted octanol–water partition coefficient (Wildman–Crippen LogP) is 2.70. The van der Waals surface area contributed by atoms with E-state index in [-0.39, 0.29) is 0 Å². The Kier molecular flexibility index (Phi) is 3.35. The molecule has 7 heteroatoms. The molecule has 0 bridgehead atoms. The molecule has 0 fully saturated rings. The van der Waals surface area contributed by atoms with Crippen molar-refractivity contribution >= 4 is 34.4 Å². The van der Waals surface area contributed by atoms with Crippen molar-refractivity contribution in [2.45, 2.75) is 10.8 Å². The van der Waals surface area contributed by atoms with Crippen LogP contribution in [-0.2, 0) is 12.8 Å². The summed E-state index contributed by atoms with van der Waals surface area (Å²) in [4.78, 5) is 12.6. The van der Waals surface area contributed by atoms with Crippen molar-refractivity contribution in [1.82, 2.24) is 24.7 Å². The second-order valence-electron chi connectivity index (χ2n) is 3.96. The molecule has 3 aromatic heterocycles. The van der Waals surface area contributed by atoms with Gasteiger partial charge in [0, 0.05) is 19.0 Å². The summed E-state index contributed by atoms with van der Waals surface area (Å²) in [6.07, 6.45) is 5.13. The molecule has 96 valence electrons. The molecular formula is C12H10ClN5S. The molecule has 0 amide bonds. The zero-order valence-electron chi connectivity index (χ0n) is 10.1. The van der Waals surface area contributed by atoms with Crippen molar-refractivity contribution in [2.24, 2.45) is 7.05 Å². The Balaban J connectivity index is 1.83. The van der Waals surface area contributed by atoms with Gasteiger partial charge in [-0.15, -0.1) is 11.8 Å². The van der Waals surface area contributed by atoms with Gasteiger partial charge in [-0.1, -0.05) is 17.7 Å². The highest BCUT2D eigenvalue weighted by Gasteiger charge is 2.08. The largest absolute Gasteiger partial charge is 0.250 e. The van der Waals surface area contributed by atoms with Gasteiger partial charge in [0.2, 0.25) is 0 Å². The minimum atomic E-state index is 0.505. The molecule has 3 rings (SSSR count). The van der Waals surface area contributed by atoms with Crippen molar-refractivity contribution in [1.29, 1.82) is 0 Å². The molecule has 0 saturated heterocycles. The first kappa shape index (κ1) is 12.4. The van der Waals surface area contributed by atoms with Gasteiger partial charge in [-0.3, -0.25) is 4.68 Å². The van der Waals surface area contributed by atoms with E-state index in [0.717, 1.165) is 27.4 Å². The Labute approximate surface area is 119 Å². The van der Waals surface area contributed by atoms with Crippen LogP contribution in [0.4, 0.5) is 0 Å². The van der Waals surface area contributed by atoms with Gasteiger partial charge in [0.05, 0.1) is 11.6 Å². The first-order valence-electron chi connectivity index (χ1n) is 5.60. The third-order valence-electron chi connectivity index (χ3n) is 2.66. The summed E-state index contributed by atoms with van der Waals surface area (Å²) in [5.74, 6) is 0.783. The van der Waals surface area contributed by atoms with Gasteiger partial charge in [0.25, 0.3) is 0 Å². The summed E-state index contributed by atoms with van der Waals surface area (Å²) in [6, 6.07) is 3.75. The summed E-state index contributed by atoms with van der Waals surface area (Å²) < 4.78 is 1.74. The number of fused-ring (bicyclic) bond motifs is 1. The summed E-state index contributed by atoms with van der Waals surface area (Å²) in [5, 5.41) is 6.59. The van der Waals surface area contributed by atoms with Gasteiger partial charge in [-0.2, -0.15) is 5.10 Å². The fourth-order valence-corrected chi connectivity index (χ4v) is 2.71. The SMILES string of the molecule is Cn1ncc2c(SCc3ccc(Cl)nc3)ncnc21. The first-order valence-corrected chi connectivity index (χ1v) is 6.96. The van der Waals surface area contributed by atoms with Crippen LogP contribution in [-0.4, -0.2) is 24.7 Å². The number of aryl methyl sites for hydroxylation is 1. The molecule has 0 aliphatic rings. The molecule has 5 nitrogen and oxygen atoms in total. The van der Waals surface area contributed by atoms with Crippen molar-refractivity contribution in [3.8, 4) is 0 Å². The number of nitrogens with zero attached hydrogens (tertiary/aromatic N) is 5. The molecule has 0 aliphatic heterocycles. The van der Waals surface area contributed by atoms with Gasteiger partial charge in [0.1, 0.15) is 16.5 Å². The Morgan fingerprint density at radius 1 is 1.21 bits per heavy atom. The van der Waals surface area contributed by atoms with Gasteiger partial charge in [0.15, 0.2) is 5.65 Å². The number of halogens is 1. The molecule has 19 heavy (non-hydrogen) atoms. The maximum absolute atomic E-state index is 5.76. The monoisotopic (exact) mass is 291 g/mol. The minimum Gasteiger partial charge on any atom is -0.250 e. The Morgan fingerprint density at radius 3 is 2.89 bits per heavy atom. The smallest absolute Gasteiger partial charge is 0.162 e. The van der Waals surface area contributed by atoms with E-state index in [1.54, 1.807) is 41.2 Å². The zero-order chi connectivity index (χ0) is 13.2. The molecule has 0 N–H and O–H groups in total. The van der Waals surface area contributed by atoms with E-state index in [4.69, 9.17) is 11.6 Å². The molecule has 0 radical (unpaired) electrons. The van der Waals surface area contributed by atoms with E-state index in [1.807, 2.05) is 13.1 Å². The van der Waals surface area contributed by atoms with Crippen LogP contribution in [0.3, 0.4) is 0 Å². The predicted molar refractivity (Wildman–Crippen MR) is 75.1 cm³/mol. The quantitative estimate of drug-likeness (QED) is 0.422. The number of thioether (sulfide) groups is 1. The zero-order valence-corrected chi connectivity index (χ0v) is 11.7. The second kappa shape index (κ2) is 5.14. The van der Waals surface area contributed by atoms with Gasteiger partial charge in [-0.25, -0.2) is 15.0 Å². The van der Waals surface area contributed by atoms with Crippen LogP contribution in [0.2, 0.25) is 5.15 Å². The fourth-order valence-electron chi connectivity index (χ4n) is 1.70. The maximum Gasteiger partial charge on any atom is 0.162 e. The fraction of sp³-hybridized carbons (Fsp3) is 0.167. The van der Waals surface area contributed by atoms with Gasteiger partial charge >= 0.3 is 0 Å². The molecule has 0 saturated carbocycles. The number of hydrogen-bond acceptors (Lipinski definition) is 5. The second-order valence-corrected chi connectivity index (χ2v) is 5.31. The van der Waals surface area contributed by atoms with Crippen molar-refractivity contribution < 1.29 is 0 Å². The molecule has 3 aromatic rings. The molecule has 0 atom stereocenters. The van der Waals surface area contributed by atoms with Crippen LogP contribution in [0.5, 0.6) is 0 Å². The lowest BCUT2D eigenvalue weighted by molar-refractivity contribution is 0.784. The van der Waals surface area contributed by atoms with E-state index in [2.05, 4.69) is 20.1 Å². The highest BCUT2D eigenvalue weighted by Crippen LogP contribution is 2.26. The molecule has 3 heterocycles. The lowest BCUT2D eigenvalue weighted by Gasteiger charge is -2.02. The molecule has 0 aliphatic carbocycles. The van der Waals surface area contributed by atoms with Crippen molar-refractivity contribution in [3.63, 3.8) is 0 Å². The molecule has 0 unspecified atom stereocenters. The van der Waals surface area contributed by atoms with E-state index in [9.17, 15) is 0 Å². The van der Waals surface area contributed by atoms with Gasteiger partial charge in [-0.05, 0) is 11.6 Å². The summed E-state index contributed by atoms with van der Waals surface area (Å²) in [6.45, 7) is 0. The van der Waals surface area contributed by atoms with Crippen LogP contribution >= 0.6 is 23.4 Å². The highest BCUT2D eigenvalue weighted by atomic mass is 35.5. The Morgan fingerprint density at radius 2 is 2.11 bits per heavy atom. The van der Waals surface area contributed by atoms with E-state index >= 15 is 0 Å². The number of pyridine rings is 1. The van der Waals surface area contributed by atoms with E-state index in [0.29, 0.717) is 5.15 Å². The van der Waals surface area contributed by atoms with Crippen molar-refractivity contribution in [3.05, 3.63) is 41.6 Å². The normalized spacial score (nSPS) is 11.1. The van der Waals surface area contributed by atoms with E-state index in [1.165, 1.54) is 0 Å². The third-order valence-corrected chi connectivity index (χ3v) is 3.96. The summed E-state index contributed by atoms with van der Waals surface area (Å²) >= 11 is 7.39. The minimum absolute atomic E-state index is 0.505. The molecule has 0 aromatic carbocycles. The average molecular weight is 292 g/mol. The highest BCUT2D eigenvalue weighted by molar-refractivity contribution is 7.98. The van der Waals surface area contributed by atoms with Crippen LogP contribution in [0.15, 0.2) is 35.9 Å². The Bertz CT molecular complexity index is 710. The third kappa shape index (κ3) is 2.54. The van der Waals surface area contributed by atoms with Gasteiger partial charge < -0.3 is 0 Å². The van der Waals surface area contributed by atoms with Crippen LogP contribution in [0, 0.1) is 0 Å². The number of hydrogen-bond donors (Lipinski definition) is 0. The number of rotatable bonds is 3. The van der Waals surface area contributed by atoms with Crippen LogP contribution in [0.25, 0.3) is 11.0 Å². The summed E-state index contributed by atoms with van der Waals surface area (Å²) in [7, 11) is 1.87. The molecular weight excluding hydrogens is 282 g/mol. The maximum atomic E-state index is 5.76. The van der Waals surface area contributed by atoms with E-state index < -0.39 is 0 Å². The van der Waals surface area contributed by atoms with Crippen LogP contribution < -0.4 is 0 Å². The molecule has 0 spiro atoms. The Hall–Kier alpha value is -1.66. The first-order chi connectivity index (χ1) is 9.24. The topological polar surface area (TPSA) is 56.5 Å². The number of aromatic nitrogens is 5. The van der Waals surface area contributed by atoms with Crippen molar-refractivity contribution in [2.75, 3.05) is 0 Å². The lowest BCUT2D eigenvalue weighted by Crippen LogP contribution is -1.93. The lowest BCUT2D eigenvalue weighted by atomic mass is 10.3. The van der Waals surface area contributed by atoms with Crippen LogP contribution in [0.1, 0.15) is 5.56 Å². The average Bonchev–Trinajstić information content (AvgIpc) is 2.81. The standard InChI is InChI=1S/C12H10ClN5S/c1-18-11-9(5-17-18)12(16-7-15-11)19-6-8-2-3-10(13)14-4-8/h2-5,7H,6H2,1H3. The summed E-state index contributed by atoms with van der Waals surface area (Å²) in [5.41, 5.74) is 1.94.